The van der Waals surface area contributed by atoms with Crippen molar-refractivity contribution in [1.82, 2.24) is 0 Å². The molecule has 0 saturated carbocycles. The Morgan fingerprint density at radius 2 is 1.50 bits per heavy atom. The van der Waals surface area contributed by atoms with E-state index in [0.717, 1.165) is 5.56 Å². The van der Waals surface area contributed by atoms with E-state index in [0.29, 0.717) is 0 Å². The van der Waals surface area contributed by atoms with E-state index in [4.69, 9.17) is 0 Å². The fourth-order valence-electron chi connectivity index (χ4n) is 0.478. The van der Waals surface area contributed by atoms with E-state index < -0.39 is 0 Å². The Morgan fingerprint density at radius 1 is 1.00 bits per heavy atom. The predicted molar refractivity (Wildman–Crippen MR) is 38.1 cm³/mol. The molecule has 1 aromatic rings. The molecule has 0 N–H and O–H groups in total. The lowest BCUT2D eigenvalue weighted by atomic mass is 10.2. The average molecular weight is 128 g/mol. The molecule has 0 nitrogen and oxygen atoms in total. The molecule has 1 radical (unpaired) electrons. The van der Waals surface area contributed by atoms with Crippen LogP contribution in [-0.2, 0) is 0 Å². The summed E-state index contributed by atoms with van der Waals surface area (Å²) in [5.74, 6) is 0. The van der Waals surface area contributed by atoms with Crippen molar-refractivity contribution < 1.29 is 0 Å². The Morgan fingerprint density at radius 3 is 1.75 bits per heavy atom. The topological polar surface area (TPSA) is 0 Å². The minimum absolute atomic E-state index is 0. The van der Waals surface area contributed by atoms with Crippen molar-refractivity contribution in [3.05, 3.63) is 42.8 Å². The lowest BCUT2D eigenvalue weighted by Crippen LogP contribution is -1.62. The lowest BCUT2D eigenvalue weighted by molar-refractivity contribution is 1.62. The van der Waals surface area contributed by atoms with Crippen LogP contribution in [0.4, 0.5) is 0 Å². The highest BCUT2D eigenvalue weighted by molar-refractivity contribution is 5.85. The zero-order valence-corrected chi connectivity index (χ0v) is 5.32. The molecule has 0 fully saturated rings. The van der Waals surface area contributed by atoms with Crippen LogP contribution in [0.5, 0.6) is 0 Å². The molecule has 0 heterocycles. The molecule has 0 aromatic heterocycles. The summed E-state index contributed by atoms with van der Waals surface area (Å²) in [6.07, 6.45) is 0. The number of hydrogen-bond acceptors (Lipinski definition) is 0. The minimum Gasteiger partial charge on any atom is -0.147 e. The van der Waals surface area contributed by atoms with Gasteiger partial charge in [0.05, 0.1) is 0 Å². The Labute approximate surface area is 55.9 Å². The van der Waals surface area contributed by atoms with E-state index in [2.05, 4.69) is 6.92 Å². The fraction of sp³-hybridized carbons (Fsp3) is 0. The Bertz CT molecular complexity index is 134. The first kappa shape index (κ1) is 7.51. The monoisotopic (exact) mass is 127 g/mol. The second kappa shape index (κ2) is 3.50. The maximum absolute atomic E-state index is 3.72. The molecule has 0 amide bonds. The molecule has 1 heteroatoms. The van der Waals surface area contributed by atoms with Crippen molar-refractivity contribution in [2.45, 2.75) is 0 Å². The summed E-state index contributed by atoms with van der Waals surface area (Å²) in [5, 5.41) is 0. The average Bonchev–Trinajstić information content (AvgIpc) is 1.69. The summed E-state index contributed by atoms with van der Waals surface area (Å²) < 4.78 is 0. The summed E-state index contributed by atoms with van der Waals surface area (Å²) in [6.45, 7) is 3.72. The first-order valence-corrected chi connectivity index (χ1v) is 2.26. The molecular weight excluding hydrogens is 120 g/mol. The highest BCUT2D eigenvalue weighted by Crippen LogP contribution is 1.92. The van der Waals surface area contributed by atoms with E-state index in [9.17, 15) is 0 Å². The van der Waals surface area contributed by atoms with Gasteiger partial charge in [0.15, 0.2) is 0 Å². The molecule has 0 aliphatic rings. The largest absolute Gasteiger partial charge is 0.147 e. The third-order valence-corrected chi connectivity index (χ3v) is 0.843. The molecule has 0 aliphatic heterocycles. The van der Waals surface area contributed by atoms with Crippen molar-refractivity contribution in [3.63, 3.8) is 0 Å². The Balaban J connectivity index is 0.000000490. The lowest BCUT2D eigenvalue weighted by Gasteiger charge is -1.82. The number of rotatable bonds is 0. The van der Waals surface area contributed by atoms with Gasteiger partial charge in [0.2, 0.25) is 0 Å². The van der Waals surface area contributed by atoms with E-state index in [1.165, 1.54) is 0 Å². The predicted octanol–water partition coefficient (Wildman–Crippen LogP) is 2.29. The molecule has 8 heavy (non-hydrogen) atoms. The highest BCUT2D eigenvalue weighted by Gasteiger charge is 1.72. The summed E-state index contributed by atoms with van der Waals surface area (Å²) in [5.41, 5.74) is 1.07. The van der Waals surface area contributed by atoms with Gasteiger partial charge >= 0.3 is 0 Å². The molecular formula is C7H8Cl. The molecule has 0 spiro atoms. The van der Waals surface area contributed by atoms with Crippen LogP contribution in [0.25, 0.3) is 0 Å². The quantitative estimate of drug-likeness (QED) is 0.502. The zero-order valence-electron chi connectivity index (χ0n) is 4.50. The molecule has 0 aliphatic carbocycles. The van der Waals surface area contributed by atoms with Gasteiger partial charge in [-0.3, -0.25) is 0 Å². The minimum atomic E-state index is 0. The van der Waals surface area contributed by atoms with Gasteiger partial charge < -0.3 is 0 Å². The second-order valence-corrected chi connectivity index (χ2v) is 1.49. The second-order valence-electron chi connectivity index (χ2n) is 1.49. The van der Waals surface area contributed by atoms with Gasteiger partial charge in [-0.2, -0.15) is 0 Å². The standard InChI is InChI=1S/C7H7.ClH/c1-7-5-3-2-4-6-7;/h2-6H,1H2;1H. The molecule has 1 rings (SSSR count). The smallest absolute Gasteiger partial charge is 0.0238 e. The maximum Gasteiger partial charge on any atom is -0.0238 e. The summed E-state index contributed by atoms with van der Waals surface area (Å²) >= 11 is 0. The molecule has 43 valence electrons. The SMILES string of the molecule is Cl.[CH2]c1ccccc1. The zero-order chi connectivity index (χ0) is 5.11. The van der Waals surface area contributed by atoms with Crippen molar-refractivity contribution in [2.24, 2.45) is 0 Å². The summed E-state index contributed by atoms with van der Waals surface area (Å²) in [6, 6.07) is 9.87. The Hall–Kier alpha value is -0.490. The van der Waals surface area contributed by atoms with Crippen molar-refractivity contribution in [1.29, 1.82) is 0 Å². The van der Waals surface area contributed by atoms with Crippen molar-refractivity contribution in [2.75, 3.05) is 0 Å². The molecule has 0 bridgehead atoms. The van der Waals surface area contributed by atoms with Gasteiger partial charge in [-0.1, -0.05) is 30.3 Å². The van der Waals surface area contributed by atoms with E-state index >= 15 is 0 Å². The molecule has 0 atom stereocenters. The third kappa shape index (κ3) is 1.99. The van der Waals surface area contributed by atoms with Crippen LogP contribution in [0.2, 0.25) is 0 Å². The van der Waals surface area contributed by atoms with Crippen LogP contribution in [0.3, 0.4) is 0 Å². The first-order chi connectivity index (χ1) is 3.39. The van der Waals surface area contributed by atoms with Crippen LogP contribution in [0.15, 0.2) is 30.3 Å². The summed E-state index contributed by atoms with van der Waals surface area (Å²) in [7, 11) is 0. The number of benzene rings is 1. The molecule has 0 unspecified atom stereocenters. The normalized spacial score (nSPS) is 7.62. The summed E-state index contributed by atoms with van der Waals surface area (Å²) in [4.78, 5) is 0. The van der Waals surface area contributed by atoms with Gasteiger partial charge in [-0.25, -0.2) is 0 Å². The number of halogens is 1. The third-order valence-electron chi connectivity index (χ3n) is 0.843. The van der Waals surface area contributed by atoms with Crippen LogP contribution in [-0.4, -0.2) is 0 Å². The molecule has 1 aromatic carbocycles. The highest BCUT2D eigenvalue weighted by atomic mass is 35.5. The first-order valence-electron chi connectivity index (χ1n) is 2.26. The Kier molecular flexibility index (Phi) is 3.29. The number of hydrogen-bond donors (Lipinski definition) is 0. The van der Waals surface area contributed by atoms with Crippen molar-refractivity contribution in [3.8, 4) is 0 Å². The van der Waals surface area contributed by atoms with Crippen LogP contribution in [0.1, 0.15) is 5.56 Å². The van der Waals surface area contributed by atoms with Gasteiger partial charge in [-0.05, 0) is 12.5 Å². The van der Waals surface area contributed by atoms with Gasteiger partial charge in [0, 0.05) is 0 Å². The van der Waals surface area contributed by atoms with Gasteiger partial charge in [0.1, 0.15) is 0 Å². The van der Waals surface area contributed by atoms with Gasteiger partial charge in [-0.15, -0.1) is 12.4 Å². The fourth-order valence-corrected chi connectivity index (χ4v) is 0.478. The van der Waals surface area contributed by atoms with Crippen LogP contribution in [0, 0.1) is 6.92 Å². The van der Waals surface area contributed by atoms with Crippen molar-refractivity contribution >= 4 is 12.4 Å². The maximum atomic E-state index is 3.72. The molecule has 0 saturated heterocycles. The van der Waals surface area contributed by atoms with E-state index in [1.54, 1.807) is 0 Å². The van der Waals surface area contributed by atoms with E-state index in [1.807, 2.05) is 30.3 Å². The van der Waals surface area contributed by atoms with Crippen LogP contribution >= 0.6 is 12.4 Å². The van der Waals surface area contributed by atoms with Crippen LogP contribution < -0.4 is 0 Å². The van der Waals surface area contributed by atoms with Gasteiger partial charge in [0.25, 0.3) is 0 Å². The van der Waals surface area contributed by atoms with E-state index in [-0.39, 0.29) is 12.4 Å².